The van der Waals surface area contributed by atoms with E-state index >= 15 is 0 Å². The van der Waals surface area contributed by atoms with E-state index in [9.17, 15) is 9.90 Å². The van der Waals surface area contributed by atoms with Crippen molar-refractivity contribution in [3.8, 4) is 0 Å². The number of esters is 1. The van der Waals surface area contributed by atoms with E-state index in [1.165, 1.54) is 6.08 Å². The summed E-state index contributed by atoms with van der Waals surface area (Å²) in [7, 11) is 0. The smallest absolute Gasteiger partial charge is 0.330 e. The van der Waals surface area contributed by atoms with Gasteiger partial charge < -0.3 is 9.84 Å². The quantitative estimate of drug-likeness (QED) is 0.539. The summed E-state index contributed by atoms with van der Waals surface area (Å²) in [5.74, 6) is 0.175. The normalized spacial score (nSPS) is 16.0. The van der Waals surface area contributed by atoms with Crippen molar-refractivity contribution in [2.24, 2.45) is 22.7 Å². The zero-order chi connectivity index (χ0) is 17.0. The third kappa shape index (κ3) is 4.84. The molecule has 0 aromatic heterocycles. The Labute approximate surface area is 130 Å². The fourth-order valence-electron chi connectivity index (χ4n) is 2.83. The number of carbonyl (C=O) groups is 1. The van der Waals surface area contributed by atoms with Gasteiger partial charge in [-0.05, 0) is 23.7 Å². The van der Waals surface area contributed by atoms with E-state index in [4.69, 9.17) is 4.74 Å². The number of aliphatic hydroxyl groups is 1. The largest absolute Gasteiger partial charge is 0.458 e. The van der Waals surface area contributed by atoms with Crippen molar-refractivity contribution in [1.82, 2.24) is 0 Å². The minimum absolute atomic E-state index is 0.162. The number of carbonyl (C=O) groups excluding carboxylic acids is 1. The zero-order valence-corrected chi connectivity index (χ0v) is 15.1. The molecule has 2 atom stereocenters. The van der Waals surface area contributed by atoms with Crippen LogP contribution in [0.1, 0.15) is 61.8 Å². The Hall–Kier alpha value is -0.830. The van der Waals surface area contributed by atoms with Gasteiger partial charge in [0.25, 0.3) is 0 Å². The van der Waals surface area contributed by atoms with Gasteiger partial charge >= 0.3 is 5.97 Å². The standard InChI is InChI=1S/C18H34O3/c1-10-15(20)21-16(13(4)5)18(8,9)17(6,7)14(19)11-12(2)3/h10,12-14,16,19H,1,11H2,2-9H3. The van der Waals surface area contributed by atoms with E-state index in [1.807, 2.05) is 13.8 Å². The van der Waals surface area contributed by atoms with Crippen LogP contribution in [0.3, 0.4) is 0 Å². The van der Waals surface area contributed by atoms with Crippen LogP contribution in [0.2, 0.25) is 0 Å². The highest BCUT2D eigenvalue weighted by Gasteiger charge is 2.49. The molecule has 0 heterocycles. The zero-order valence-electron chi connectivity index (χ0n) is 15.1. The van der Waals surface area contributed by atoms with E-state index in [0.717, 1.165) is 6.42 Å². The molecule has 1 N–H and O–H groups in total. The average Bonchev–Trinajstić information content (AvgIpc) is 2.33. The molecule has 0 amide bonds. The van der Waals surface area contributed by atoms with Gasteiger partial charge in [-0.15, -0.1) is 0 Å². The van der Waals surface area contributed by atoms with Crippen LogP contribution in [-0.4, -0.2) is 23.3 Å². The molecule has 0 spiro atoms. The highest BCUT2D eigenvalue weighted by Crippen LogP contribution is 2.48. The molecule has 2 unspecified atom stereocenters. The first-order valence-electron chi connectivity index (χ1n) is 7.89. The molecular formula is C18H34O3. The van der Waals surface area contributed by atoms with Crippen LogP contribution in [0.4, 0.5) is 0 Å². The monoisotopic (exact) mass is 298 g/mol. The van der Waals surface area contributed by atoms with Crippen LogP contribution >= 0.6 is 0 Å². The first kappa shape index (κ1) is 20.2. The van der Waals surface area contributed by atoms with Crippen molar-refractivity contribution in [1.29, 1.82) is 0 Å². The summed E-state index contributed by atoms with van der Waals surface area (Å²) < 4.78 is 5.60. The molecule has 0 saturated heterocycles. The number of ether oxygens (including phenoxy) is 1. The Morgan fingerprint density at radius 2 is 1.62 bits per heavy atom. The topological polar surface area (TPSA) is 46.5 Å². The molecule has 0 aromatic rings. The summed E-state index contributed by atoms with van der Waals surface area (Å²) in [6.45, 7) is 20.0. The van der Waals surface area contributed by atoms with Crippen LogP contribution in [0.25, 0.3) is 0 Å². The van der Waals surface area contributed by atoms with Crippen molar-refractivity contribution < 1.29 is 14.6 Å². The summed E-state index contributed by atoms with van der Waals surface area (Å²) >= 11 is 0. The Bertz CT molecular complexity index is 353. The van der Waals surface area contributed by atoms with Gasteiger partial charge in [-0.25, -0.2) is 4.79 Å². The maximum atomic E-state index is 11.6. The van der Waals surface area contributed by atoms with Gasteiger partial charge in [-0.2, -0.15) is 0 Å². The Balaban J connectivity index is 5.43. The molecule has 0 rings (SSSR count). The first-order valence-corrected chi connectivity index (χ1v) is 7.89. The van der Waals surface area contributed by atoms with Crippen LogP contribution in [0.15, 0.2) is 12.7 Å². The lowest BCUT2D eigenvalue weighted by molar-refractivity contribution is -0.169. The van der Waals surface area contributed by atoms with Gasteiger partial charge in [-0.3, -0.25) is 0 Å². The van der Waals surface area contributed by atoms with E-state index < -0.39 is 12.1 Å². The van der Waals surface area contributed by atoms with Crippen LogP contribution < -0.4 is 0 Å². The molecule has 0 radical (unpaired) electrons. The van der Waals surface area contributed by atoms with E-state index in [-0.39, 0.29) is 22.9 Å². The molecule has 0 aliphatic heterocycles. The summed E-state index contributed by atoms with van der Waals surface area (Å²) in [6.07, 6.45) is 1.20. The molecule has 0 bridgehead atoms. The lowest BCUT2D eigenvalue weighted by atomic mass is 9.59. The lowest BCUT2D eigenvalue weighted by Gasteiger charge is -2.50. The highest BCUT2D eigenvalue weighted by molar-refractivity contribution is 5.81. The molecule has 0 aliphatic carbocycles. The van der Waals surface area contributed by atoms with Gasteiger partial charge in [0.05, 0.1) is 6.10 Å². The predicted octanol–water partition coefficient (Wildman–Crippen LogP) is 4.20. The third-order valence-corrected chi connectivity index (χ3v) is 4.91. The van der Waals surface area contributed by atoms with Crippen molar-refractivity contribution in [3.63, 3.8) is 0 Å². The SMILES string of the molecule is C=CC(=O)OC(C(C)C)C(C)(C)C(C)(C)C(O)CC(C)C. The van der Waals surface area contributed by atoms with Crippen molar-refractivity contribution in [2.45, 2.75) is 74.0 Å². The van der Waals surface area contributed by atoms with Crippen LogP contribution in [0, 0.1) is 22.7 Å². The van der Waals surface area contributed by atoms with E-state index in [1.54, 1.807) is 0 Å². The van der Waals surface area contributed by atoms with Crippen molar-refractivity contribution >= 4 is 5.97 Å². The van der Waals surface area contributed by atoms with Gasteiger partial charge in [-0.1, -0.05) is 62.0 Å². The number of hydrogen-bond donors (Lipinski definition) is 1. The number of aliphatic hydroxyl groups excluding tert-OH is 1. The van der Waals surface area contributed by atoms with Gasteiger partial charge in [0, 0.05) is 11.5 Å². The number of hydrogen-bond acceptors (Lipinski definition) is 3. The maximum Gasteiger partial charge on any atom is 0.330 e. The summed E-state index contributed by atoms with van der Waals surface area (Å²) in [4.78, 5) is 11.6. The van der Waals surface area contributed by atoms with Crippen LogP contribution in [0.5, 0.6) is 0 Å². The molecular weight excluding hydrogens is 264 g/mol. The summed E-state index contributed by atoms with van der Waals surface area (Å²) in [5, 5.41) is 10.6. The molecule has 0 fully saturated rings. The lowest BCUT2D eigenvalue weighted by Crippen LogP contribution is -2.52. The van der Waals surface area contributed by atoms with Gasteiger partial charge in [0.1, 0.15) is 6.10 Å². The fourth-order valence-corrected chi connectivity index (χ4v) is 2.83. The van der Waals surface area contributed by atoms with Gasteiger partial charge in [0.2, 0.25) is 0 Å². The predicted molar refractivity (Wildman–Crippen MR) is 87.9 cm³/mol. The minimum Gasteiger partial charge on any atom is -0.458 e. The maximum absolute atomic E-state index is 11.6. The Morgan fingerprint density at radius 3 is 1.95 bits per heavy atom. The van der Waals surface area contributed by atoms with Crippen LogP contribution in [-0.2, 0) is 9.53 Å². The Kier molecular flexibility index (Phi) is 7.14. The van der Waals surface area contributed by atoms with E-state index in [0.29, 0.717) is 5.92 Å². The van der Waals surface area contributed by atoms with E-state index in [2.05, 4.69) is 48.1 Å². The third-order valence-electron chi connectivity index (χ3n) is 4.91. The molecule has 124 valence electrons. The summed E-state index contributed by atoms with van der Waals surface area (Å²) in [6, 6.07) is 0. The van der Waals surface area contributed by atoms with Gasteiger partial charge in [0.15, 0.2) is 0 Å². The Morgan fingerprint density at radius 1 is 1.14 bits per heavy atom. The molecule has 0 saturated carbocycles. The second-order valence-electron chi connectivity index (χ2n) is 7.89. The molecule has 21 heavy (non-hydrogen) atoms. The van der Waals surface area contributed by atoms with Crippen molar-refractivity contribution in [3.05, 3.63) is 12.7 Å². The highest BCUT2D eigenvalue weighted by atomic mass is 16.5. The minimum atomic E-state index is -0.448. The molecule has 0 aliphatic rings. The second kappa shape index (κ2) is 7.44. The average molecular weight is 298 g/mol. The first-order chi connectivity index (χ1) is 9.37. The number of rotatable bonds is 8. The molecule has 3 nitrogen and oxygen atoms in total. The fraction of sp³-hybridized carbons (Fsp3) is 0.833. The molecule has 0 aromatic carbocycles. The molecule has 3 heteroatoms. The summed E-state index contributed by atoms with van der Waals surface area (Å²) in [5.41, 5.74) is -0.748. The second-order valence-corrected chi connectivity index (χ2v) is 7.89. The van der Waals surface area contributed by atoms with Crippen molar-refractivity contribution in [2.75, 3.05) is 0 Å².